The van der Waals surface area contributed by atoms with Crippen LogP contribution in [0.5, 0.6) is 0 Å². The molecule has 0 aliphatic rings. The maximum atomic E-state index is 12.5. The lowest BCUT2D eigenvalue weighted by Crippen LogP contribution is -2.44. The van der Waals surface area contributed by atoms with E-state index in [9.17, 15) is 18.3 Å². The van der Waals surface area contributed by atoms with Crippen molar-refractivity contribution in [3.05, 3.63) is 48.0 Å². The SMILES string of the molecule is Cc1ccc(-n2nnc(-c3ccc(S(=O)(=O)NC(C(=O)O)C(C)C)cc3)n2)c(S)c1. The zero-order valence-electron chi connectivity index (χ0n) is 16.5. The Hall–Kier alpha value is -2.76. The molecule has 0 aliphatic carbocycles. The van der Waals surface area contributed by atoms with Crippen LogP contribution in [0.4, 0.5) is 0 Å². The van der Waals surface area contributed by atoms with E-state index in [0.717, 1.165) is 5.56 Å². The van der Waals surface area contributed by atoms with Crippen molar-refractivity contribution in [2.24, 2.45) is 5.92 Å². The average molecular weight is 448 g/mol. The molecule has 1 atom stereocenters. The Kier molecular flexibility index (Phi) is 6.25. The number of hydrogen-bond donors (Lipinski definition) is 3. The molecule has 158 valence electrons. The second-order valence-electron chi connectivity index (χ2n) is 7.10. The van der Waals surface area contributed by atoms with Crippen LogP contribution < -0.4 is 4.72 Å². The van der Waals surface area contributed by atoms with E-state index < -0.39 is 28.0 Å². The van der Waals surface area contributed by atoms with E-state index in [1.54, 1.807) is 13.8 Å². The van der Waals surface area contributed by atoms with Gasteiger partial charge in [0.05, 0.1) is 4.90 Å². The van der Waals surface area contributed by atoms with Gasteiger partial charge in [-0.15, -0.1) is 27.6 Å². The van der Waals surface area contributed by atoms with Gasteiger partial charge in [-0.25, -0.2) is 8.42 Å². The zero-order chi connectivity index (χ0) is 22.1. The molecule has 2 N–H and O–H groups in total. The molecule has 30 heavy (non-hydrogen) atoms. The highest BCUT2D eigenvalue weighted by atomic mass is 32.2. The maximum Gasteiger partial charge on any atom is 0.322 e. The fourth-order valence-corrected chi connectivity index (χ4v) is 4.43. The van der Waals surface area contributed by atoms with E-state index in [-0.39, 0.29) is 4.90 Å². The Bertz CT molecular complexity index is 1170. The minimum Gasteiger partial charge on any atom is -0.480 e. The molecule has 3 rings (SSSR count). The summed E-state index contributed by atoms with van der Waals surface area (Å²) in [6.45, 7) is 5.21. The number of aliphatic carboxylic acids is 1. The summed E-state index contributed by atoms with van der Waals surface area (Å²) >= 11 is 4.43. The molecular weight excluding hydrogens is 426 g/mol. The average Bonchev–Trinajstić information content (AvgIpc) is 3.15. The molecule has 11 heteroatoms. The molecule has 0 saturated heterocycles. The molecule has 3 aromatic rings. The molecule has 1 unspecified atom stereocenters. The van der Waals surface area contributed by atoms with Crippen LogP contribution in [0.1, 0.15) is 19.4 Å². The highest BCUT2D eigenvalue weighted by Crippen LogP contribution is 2.21. The van der Waals surface area contributed by atoms with Gasteiger partial charge in [0.1, 0.15) is 11.7 Å². The Morgan fingerprint density at radius 3 is 2.40 bits per heavy atom. The number of hydrogen-bond acceptors (Lipinski definition) is 7. The fraction of sp³-hybridized carbons (Fsp3) is 0.263. The number of aryl methyl sites for hydroxylation is 1. The predicted molar refractivity (Wildman–Crippen MR) is 113 cm³/mol. The van der Waals surface area contributed by atoms with Gasteiger partial charge in [0, 0.05) is 10.5 Å². The molecule has 0 aliphatic heterocycles. The first kappa shape index (κ1) is 21.9. The minimum absolute atomic E-state index is 0.0540. The summed E-state index contributed by atoms with van der Waals surface area (Å²) in [5, 5.41) is 21.6. The van der Waals surface area contributed by atoms with E-state index in [1.165, 1.54) is 29.1 Å². The van der Waals surface area contributed by atoms with E-state index in [1.807, 2.05) is 25.1 Å². The van der Waals surface area contributed by atoms with Crippen LogP contribution in [-0.4, -0.2) is 45.7 Å². The number of thiol groups is 1. The number of carbonyl (C=O) groups is 1. The third kappa shape index (κ3) is 4.69. The van der Waals surface area contributed by atoms with Crippen LogP contribution in [-0.2, 0) is 14.8 Å². The lowest BCUT2D eigenvalue weighted by Gasteiger charge is -2.18. The normalized spacial score (nSPS) is 12.8. The summed E-state index contributed by atoms with van der Waals surface area (Å²) < 4.78 is 27.3. The second kappa shape index (κ2) is 8.54. The first-order valence-corrected chi connectivity index (χ1v) is 11.0. The smallest absolute Gasteiger partial charge is 0.322 e. The molecular formula is C19H21N5O4S2. The number of benzene rings is 2. The minimum atomic E-state index is -4.00. The van der Waals surface area contributed by atoms with Crippen molar-refractivity contribution in [1.82, 2.24) is 24.9 Å². The largest absolute Gasteiger partial charge is 0.480 e. The van der Waals surface area contributed by atoms with Crippen LogP contribution in [0.3, 0.4) is 0 Å². The van der Waals surface area contributed by atoms with Gasteiger partial charge in [-0.05, 0) is 60.0 Å². The lowest BCUT2D eigenvalue weighted by molar-refractivity contribution is -0.140. The van der Waals surface area contributed by atoms with E-state index >= 15 is 0 Å². The van der Waals surface area contributed by atoms with Crippen molar-refractivity contribution in [1.29, 1.82) is 0 Å². The van der Waals surface area contributed by atoms with Crippen LogP contribution in [0.25, 0.3) is 17.1 Å². The number of aromatic nitrogens is 4. The maximum absolute atomic E-state index is 12.5. The predicted octanol–water partition coefficient (Wildman–Crippen LogP) is 2.31. The number of nitrogens with one attached hydrogen (secondary N) is 1. The van der Waals surface area contributed by atoms with Gasteiger partial charge in [0.25, 0.3) is 0 Å². The van der Waals surface area contributed by atoms with Crippen molar-refractivity contribution >= 4 is 28.6 Å². The number of carboxylic acids is 1. The molecule has 1 aromatic heterocycles. The summed E-state index contributed by atoms with van der Waals surface area (Å²) in [5.74, 6) is -1.33. The third-order valence-electron chi connectivity index (χ3n) is 4.40. The monoisotopic (exact) mass is 447 g/mol. The Labute approximate surface area is 179 Å². The summed E-state index contributed by atoms with van der Waals surface area (Å²) in [4.78, 5) is 13.3. The standard InChI is InChI=1S/C19H21N5O4S2/c1-11(2)17(19(25)26)22-30(27,28)14-7-5-13(6-8-14)18-20-23-24(21-18)15-9-4-12(3)10-16(15)29/h4-11,17,22,29H,1-3H3,(H,25,26). The van der Waals surface area contributed by atoms with Crippen LogP contribution in [0.15, 0.2) is 52.3 Å². The van der Waals surface area contributed by atoms with Gasteiger partial charge in [0.15, 0.2) is 0 Å². The van der Waals surface area contributed by atoms with E-state index in [4.69, 9.17) is 0 Å². The van der Waals surface area contributed by atoms with Gasteiger partial charge in [-0.3, -0.25) is 4.79 Å². The van der Waals surface area contributed by atoms with Crippen LogP contribution in [0.2, 0.25) is 0 Å². The number of sulfonamides is 1. The number of tetrazole rings is 1. The molecule has 0 fully saturated rings. The van der Waals surface area contributed by atoms with Crippen molar-refractivity contribution in [3.63, 3.8) is 0 Å². The molecule has 9 nitrogen and oxygen atoms in total. The van der Waals surface area contributed by atoms with Crippen molar-refractivity contribution < 1.29 is 18.3 Å². The molecule has 1 heterocycles. The molecule has 0 spiro atoms. The summed E-state index contributed by atoms with van der Waals surface area (Å²) in [7, 11) is -4.00. The van der Waals surface area contributed by atoms with Crippen molar-refractivity contribution in [2.45, 2.75) is 36.6 Å². The van der Waals surface area contributed by atoms with Gasteiger partial charge < -0.3 is 5.11 Å². The Balaban J connectivity index is 1.84. The number of rotatable bonds is 7. The first-order chi connectivity index (χ1) is 14.1. The Morgan fingerprint density at radius 2 is 1.83 bits per heavy atom. The first-order valence-electron chi connectivity index (χ1n) is 9.04. The Morgan fingerprint density at radius 1 is 1.17 bits per heavy atom. The van der Waals surface area contributed by atoms with Crippen molar-refractivity contribution in [3.8, 4) is 17.1 Å². The van der Waals surface area contributed by atoms with Crippen LogP contribution in [0, 0.1) is 12.8 Å². The summed E-state index contributed by atoms with van der Waals surface area (Å²) in [5.41, 5.74) is 2.28. The molecule has 0 radical (unpaired) electrons. The molecule has 0 saturated carbocycles. The van der Waals surface area contributed by atoms with Gasteiger partial charge >= 0.3 is 5.97 Å². The second-order valence-corrected chi connectivity index (χ2v) is 9.30. The zero-order valence-corrected chi connectivity index (χ0v) is 18.2. The van der Waals surface area contributed by atoms with Crippen molar-refractivity contribution in [2.75, 3.05) is 0 Å². The molecule has 0 bridgehead atoms. The number of nitrogens with zero attached hydrogens (tertiary/aromatic N) is 4. The number of carboxylic acid groups (broad SMARTS) is 1. The highest BCUT2D eigenvalue weighted by molar-refractivity contribution is 7.89. The van der Waals surface area contributed by atoms with Crippen LogP contribution >= 0.6 is 12.6 Å². The van der Waals surface area contributed by atoms with E-state index in [0.29, 0.717) is 22.0 Å². The summed E-state index contributed by atoms with van der Waals surface area (Å²) in [6, 6.07) is 10.2. The van der Waals surface area contributed by atoms with Gasteiger partial charge in [0.2, 0.25) is 15.8 Å². The highest BCUT2D eigenvalue weighted by Gasteiger charge is 2.28. The third-order valence-corrected chi connectivity index (χ3v) is 6.21. The molecule has 2 aromatic carbocycles. The topological polar surface area (TPSA) is 127 Å². The fourth-order valence-electron chi connectivity index (χ4n) is 2.72. The lowest BCUT2D eigenvalue weighted by atomic mass is 10.1. The van der Waals surface area contributed by atoms with Gasteiger partial charge in [-0.2, -0.15) is 4.72 Å². The van der Waals surface area contributed by atoms with Gasteiger partial charge in [-0.1, -0.05) is 19.9 Å². The summed E-state index contributed by atoms with van der Waals surface area (Å²) in [6.07, 6.45) is 0. The molecule has 0 amide bonds. The van der Waals surface area contributed by atoms with E-state index in [2.05, 4.69) is 32.8 Å². The quantitative estimate of drug-likeness (QED) is 0.474.